The van der Waals surface area contributed by atoms with Gasteiger partial charge in [0.1, 0.15) is 6.54 Å². The van der Waals surface area contributed by atoms with E-state index in [0.717, 1.165) is 27.8 Å². The Morgan fingerprint density at radius 3 is 2.56 bits per heavy atom. The van der Waals surface area contributed by atoms with E-state index in [1.165, 1.54) is 12.1 Å². The van der Waals surface area contributed by atoms with Gasteiger partial charge in [0.05, 0.1) is 11.5 Å². The molecule has 1 aliphatic heterocycles. The van der Waals surface area contributed by atoms with Crippen molar-refractivity contribution in [2.75, 3.05) is 25.1 Å². The molecular weight excluding hydrogens is 460 g/mol. The molecule has 10 heteroatoms. The molecule has 0 saturated carbocycles. The molecule has 178 valence electrons. The van der Waals surface area contributed by atoms with Gasteiger partial charge < -0.3 is 19.9 Å². The highest BCUT2D eigenvalue weighted by molar-refractivity contribution is 8.18. The number of hydrogen-bond donors (Lipinski definition) is 2. The second-order valence-corrected chi connectivity index (χ2v) is 8.45. The smallest absolute Gasteiger partial charge is 0.341 e. The summed E-state index contributed by atoms with van der Waals surface area (Å²) in [6.07, 6.45) is 1.51. The number of aryl methyl sites for hydroxylation is 2. The quantitative estimate of drug-likeness (QED) is 0.515. The number of nitrogens with one attached hydrogen (secondary N) is 1. The minimum Gasteiger partial charge on any atom is -0.490 e. The average molecular weight is 485 g/mol. The maximum Gasteiger partial charge on any atom is 0.341 e. The first-order chi connectivity index (χ1) is 16.2. The zero-order valence-corrected chi connectivity index (χ0v) is 19.7. The number of hydrogen-bond acceptors (Lipinski definition) is 7. The third-order valence-electron chi connectivity index (χ3n) is 4.76. The lowest BCUT2D eigenvalue weighted by atomic mass is 10.1. The fraction of sp³-hybridized carbons (Fsp3) is 0.250. The molecule has 2 aromatic rings. The minimum absolute atomic E-state index is 0.159. The summed E-state index contributed by atoms with van der Waals surface area (Å²) in [6, 6.07) is 10.3. The number of carboxylic acid groups (broad SMARTS) is 1. The van der Waals surface area contributed by atoms with Crippen LogP contribution in [-0.4, -0.2) is 52.8 Å². The number of nitrogens with zero attached hydrogens (tertiary/aromatic N) is 1. The van der Waals surface area contributed by atoms with E-state index in [9.17, 15) is 19.2 Å². The molecule has 2 aromatic carbocycles. The molecule has 0 aliphatic carbocycles. The van der Waals surface area contributed by atoms with Crippen molar-refractivity contribution < 1.29 is 33.8 Å². The lowest BCUT2D eigenvalue weighted by Crippen LogP contribution is -2.36. The Kier molecular flexibility index (Phi) is 7.95. The van der Waals surface area contributed by atoms with Gasteiger partial charge in [-0.05, 0) is 73.5 Å². The molecule has 0 unspecified atom stereocenters. The minimum atomic E-state index is -1.12. The second kappa shape index (κ2) is 10.9. The number of imide groups is 1. The van der Waals surface area contributed by atoms with Crippen molar-refractivity contribution in [1.82, 2.24) is 4.90 Å². The monoisotopic (exact) mass is 484 g/mol. The summed E-state index contributed by atoms with van der Waals surface area (Å²) in [6.45, 7) is 4.91. The number of rotatable bonds is 9. The highest BCUT2D eigenvalue weighted by Gasteiger charge is 2.36. The molecule has 34 heavy (non-hydrogen) atoms. The van der Waals surface area contributed by atoms with Crippen LogP contribution in [0.2, 0.25) is 0 Å². The maximum absolute atomic E-state index is 12.8. The van der Waals surface area contributed by atoms with Gasteiger partial charge in [-0.15, -0.1) is 0 Å². The van der Waals surface area contributed by atoms with Crippen molar-refractivity contribution in [1.29, 1.82) is 0 Å². The predicted molar refractivity (Wildman–Crippen MR) is 128 cm³/mol. The van der Waals surface area contributed by atoms with Crippen LogP contribution in [0.1, 0.15) is 23.6 Å². The van der Waals surface area contributed by atoms with Gasteiger partial charge in [0, 0.05) is 5.69 Å². The Morgan fingerprint density at radius 2 is 1.85 bits per heavy atom. The van der Waals surface area contributed by atoms with Gasteiger partial charge >= 0.3 is 5.97 Å². The highest BCUT2D eigenvalue weighted by Crippen LogP contribution is 2.34. The van der Waals surface area contributed by atoms with Crippen LogP contribution in [0.15, 0.2) is 41.3 Å². The molecule has 0 radical (unpaired) electrons. The molecule has 1 heterocycles. The van der Waals surface area contributed by atoms with Crippen molar-refractivity contribution in [2.45, 2.75) is 20.8 Å². The summed E-state index contributed by atoms with van der Waals surface area (Å²) in [7, 11) is 0. The lowest BCUT2D eigenvalue weighted by molar-refractivity contribution is -0.139. The molecule has 0 atom stereocenters. The van der Waals surface area contributed by atoms with E-state index in [2.05, 4.69) is 5.32 Å². The summed E-state index contributed by atoms with van der Waals surface area (Å²) in [4.78, 5) is 49.5. The molecule has 9 nitrogen and oxygen atoms in total. The molecule has 3 amide bonds. The summed E-state index contributed by atoms with van der Waals surface area (Å²) in [5, 5.41) is 11.0. The number of benzene rings is 2. The Hall–Kier alpha value is -3.79. The van der Waals surface area contributed by atoms with Crippen LogP contribution in [0.3, 0.4) is 0 Å². The van der Waals surface area contributed by atoms with Gasteiger partial charge in [-0.2, -0.15) is 0 Å². The van der Waals surface area contributed by atoms with Crippen LogP contribution >= 0.6 is 11.8 Å². The van der Waals surface area contributed by atoms with Gasteiger partial charge in [0.15, 0.2) is 18.1 Å². The standard InChI is InChI=1S/C24H24N2O7S/c1-4-32-19-10-16(7-8-18(19)33-13-22(28)29)11-20-23(30)26(24(31)34-20)12-21(27)25-17-9-14(2)5-6-15(17)3/h5-11H,4,12-13H2,1-3H3,(H,25,27)(H,28,29)/b20-11+. The summed E-state index contributed by atoms with van der Waals surface area (Å²) >= 11 is 0.737. The van der Waals surface area contributed by atoms with Gasteiger partial charge in [-0.3, -0.25) is 19.3 Å². The number of thioether (sulfide) groups is 1. The number of carbonyl (C=O) groups excluding carboxylic acids is 3. The summed E-state index contributed by atoms with van der Waals surface area (Å²) < 4.78 is 10.7. The highest BCUT2D eigenvalue weighted by atomic mass is 32.2. The third-order valence-corrected chi connectivity index (χ3v) is 5.67. The topological polar surface area (TPSA) is 122 Å². The van der Waals surface area contributed by atoms with Crippen LogP contribution in [0, 0.1) is 13.8 Å². The first-order valence-electron chi connectivity index (χ1n) is 10.4. The fourth-order valence-electron chi connectivity index (χ4n) is 3.13. The van der Waals surface area contributed by atoms with Crippen LogP contribution < -0.4 is 14.8 Å². The van der Waals surface area contributed by atoms with E-state index >= 15 is 0 Å². The number of anilines is 1. The number of carbonyl (C=O) groups is 4. The van der Waals surface area contributed by atoms with Gasteiger partial charge in [-0.1, -0.05) is 18.2 Å². The SMILES string of the molecule is CCOc1cc(/C=C2/SC(=O)N(CC(=O)Nc3cc(C)ccc3C)C2=O)ccc1OCC(=O)O. The molecule has 2 N–H and O–H groups in total. The van der Waals surface area contributed by atoms with Crippen molar-refractivity contribution in [2.24, 2.45) is 0 Å². The number of aliphatic carboxylic acids is 1. The molecule has 3 rings (SSSR count). The van der Waals surface area contributed by atoms with Crippen LogP contribution in [0.25, 0.3) is 6.08 Å². The normalized spacial score (nSPS) is 14.4. The first kappa shape index (κ1) is 24.8. The van der Waals surface area contributed by atoms with Crippen LogP contribution in [0.5, 0.6) is 11.5 Å². The molecule has 1 aliphatic rings. The van der Waals surface area contributed by atoms with Crippen molar-refractivity contribution in [3.8, 4) is 11.5 Å². The predicted octanol–water partition coefficient (Wildman–Crippen LogP) is 3.84. The molecule has 0 spiro atoms. The molecule has 0 aromatic heterocycles. The molecule has 0 bridgehead atoms. The molecule has 1 saturated heterocycles. The van der Waals surface area contributed by atoms with E-state index in [-0.39, 0.29) is 10.7 Å². The van der Waals surface area contributed by atoms with Crippen molar-refractivity contribution in [3.05, 3.63) is 58.0 Å². The van der Waals surface area contributed by atoms with Crippen LogP contribution in [-0.2, 0) is 14.4 Å². The molecular formula is C24H24N2O7S. The Morgan fingerprint density at radius 1 is 1.09 bits per heavy atom. The number of ether oxygens (including phenoxy) is 2. The van der Waals surface area contributed by atoms with Gasteiger partial charge in [0.2, 0.25) is 5.91 Å². The fourth-order valence-corrected chi connectivity index (χ4v) is 3.97. The summed E-state index contributed by atoms with van der Waals surface area (Å²) in [5.41, 5.74) is 3.02. The van der Waals surface area contributed by atoms with Crippen molar-refractivity contribution in [3.63, 3.8) is 0 Å². The Bertz CT molecular complexity index is 1180. The van der Waals surface area contributed by atoms with Crippen LogP contribution in [0.4, 0.5) is 10.5 Å². The molecule has 1 fully saturated rings. The Labute approximate surface area is 200 Å². The van der Waals surface area contributed by atoms with E-state index < -0.39 is 36.2 Å². The Balaban J connectivity index is 1.73. The third kappa shape index (κ3) is 6.16. The average Bonchev–Trinajstić information content (AvgIpc) is 3.03. The van der Waals surface area contributed by atoms with E-state index in [1.807, 2.05) is 32.0 Å². The summed E-state index contributed by atoms with van der Waals surface area (Å²) in [5.74, 6) is -1.62. The number of carboxylic acids is 1. The zero-order valence-electron chi connectivity index (χ0n) is 18.9. The second-order valence-electron chi connectivity index (χ2n) is 7.46. The largest absolute Gasteiger partial charge is 0.490 e. The zero-order chi connectivity index (χ0) is 24.8. The number of amides is 3. The maximum atomic E-state index is 12.8. The van der Waals surface area contributed by atoms with Crippen molar-refractivity contribution >= 4 is 46.5 Å². The lowest BCUT2D eigenvalue weighted by Gasteiger charge is -2.14. The van der Waals surface area contributed by atoms with E-state index in [0.29, 0.717) is 23.6 Å². The first-order valence-corrected chi connectivity index (χ1v) is 11.2. The van der Waals surface area contributed by atoms with Gasteiger partial charge in [-0.25, -0.2) is 4.79 Å². The van der Waals surface area contributed by atoms with Gasteiger partial charge in [0.25, 0.3) is 11.1 Å². The van der Waals surface area contributed by atoms with E-state index in [1.54, 1.807) is 19.1 Å². The van der Waals surface area contributed by atoms with E-state index in [4.69, 9.17) is 14.6 Å².